The fourth-order valence-corrected chi connectivity index (χ4v) is 4.44. The van der Waals surface area contributed by atoms with Crippen molar-refractivity contribution in [1.29, 1.82) is 0 Å². The predicted octanol–water partition coefficient (Wildman–Crippen LogP) is 4.45. The summed E-state index contributed by atoms with van der Waals surface area (Å²) in [6.45, 7) is 3.19. The quantitative estimate of drug-likeness (QED) is 0.620. The highest BCUT2D eigenvalue weighted by Crippen LogP contribution is 2.23. The molecule has 0 bridgehead atoms. The van der Waals surface area contributed by atoms with Gasteiger partial charge in [-0.2, -0.15) is 0 Å². The summed E-state index contributed by atoms with van der Waals surface area (Å²) >= 11 is 1.22. The molecule has 0 saturated carbocycles. The van der Waals surface area contributed by atoms with E-state index in [0.29, 0.717) is 22.7 Å². The molecule has 0 saturated heterocycles. The highest BCUT2D eigenvalue weighted by molar-refractivity contribution is 7.92. The van der Waals surface area contributed by atoms with Crippen molar-refractivity contribution in [2.24, 2.45) is 0 Å². The van der Waals surface area contributed by atoms with Crippen molar-refractivity contribution < 1.29 is 22.0 Å². The average molecular weight is 437 g/mol. The van der Waals surface area contributed by atoms with Crippen LogP contribution in [-0.2, 0) is 16.3 Å². The molecular weight excluding hydrogens is 418 g/mol. The summed E-state index contributed by atoms with van der Waals surface area (Å²) in [5.41, 5.74) is 0.887. The molecule has 0 atom stereocenters. The van der Waals surface area contributed by atoms with Gasteiger partial charge < -0.3 is 0 Å². The lowest BCUT2D eigenvalue weighted by molar-refractivity contribution is 0.102. The Morgan fingerprint density at radius 1 is 1.10 bits per heavy atom. The lowest BCUT2D eigenvalue weighted by Gasteiger charge is -2.08. The van der Waals surface area contributed by atoms with E-state index < -0.39 is 32.6 Å². The second-order valence-corrected chi connectivity index (χ2v) is 10.2. The van der Waals surface area contributed by atoms with Gasteiger partial charge in [-0.05, 0) is 55.8 Å². The molecule has 152 valence electrons. The number of sulfone groups is 1. The molecular formula is C20H18F2N2O3S2. The fourth-order valence-electron chi connectivity index (χ4n) is 2.54. The number of benzene rings is 2. The van der Waals surface area contributed by atoms with Gasteiger partial charge in [0.1, 0.15) is 0 Å². The predicted molar refractivity (Wildman–Crippen MR) is 108 cm³/mol. The zero-order valence-electron chi connectivity index (χ0n) is 15.6. The third kappa shape index (κ3) is 4.86. The molecule has 0 aliphatic carbocycles. The Kier molecular flexibility index (Phi) is 6.09. The minimum absolute atomic E-state index is 0.159. The van der Waals surface area contributed by atoms with Crippen molar-refractivity contribution in [2.75, 3.05) is 5.32 Å². The van der Waals surface area contributed by atoms with Gasteiger partial charge in [0.2, 0.25) is 0 Å². The minimum Gasteiger partial charge on any atom is -0.298 e. The Hall–Kier alpha value is -2.65. The molecule has 0 radical (unpaired) electrons. The van der Waals surface area contributed by atoms with Crippen LogP contribution in [0.4, 0.5) is 13.9 Å². The fraction of sp³-hybridized carbons (Fsp3) is 0.200. The van der Waals surface area contributed by atoms with Gasteiger partial charge in [0.15, 0.2) is 26.6 Å². The standard InChI is InChI=1S/C20H18F2N2O3S2/c1-12(2)29(26,27)16-6-4-14(5-7-16)19(25)24-20-23-11-15(28-20)9-13-3-8-17(21)18(22)10-13/h3-8,10-12H,9H2,1-2H3,(H,23,24,25). The lowest BCUT2D eigenvalue weighted by Crippen LogP contribution is -2.15. The number of nitrogens with one attached hydrogen (secondary N) is 1. The first-order chi connectivity index (χ1) is 13.7. The average Bonchev–Trinajstić information content (AvgIpc) is 3.11. The molecule has 0 aliphatic heterocycles. The Labute approximate surface area is 171 Å². The summed E-state index contributed by atoms with van der Waals surface area (Å²) < 4.78 is 50.6. The topological polar surface area (TPSA) is 76.1 Å². The molecule has 1 heterocycles. The Balaban J connectivity index is 1.68. The van der Waals surface area contributed by atoms with E-state index >= 15 is 0 Å². The van der Waals surface area contributed by atoms with E-state index in [1.54, 1.807) is 20.0 Å². The highest BCUT2D eigenvalue weighted by Gasteiger charge is 2.19. The van der Waals surface area contributed by atoms with Gasteiger partial charge in [0.25, 0.3) is 5.91 Å². The van der Waals surface area contributed by atoms with Crippen molar-refractivity contribution in [3.05, 3.63) is 76.3 Å². The van der Waals surface area contributed by atoms with Crippen molar-refractivity contribution in [3.8, 4) is 0 Å². The van der Waals surface area contributed by atoms with Crippen molar-refractivity contribution in [2.45, 2.75) is 30.4 Å². The van der Waals surface area contributed by atoms with Crippen molar-refractivity contribution in [3.63, 3.8) is 0 Å². The van der Waals surface area contributed by atoms with Crippen LogP contribution in [0.25, 0.3) is 0 Å². The van der Waals surface area contributed by atoms with Gasteiger partial charge in [-0.3, -0.25) is 10.1 Å². The van der Waals surface area contributed by atoms with Gasteiger partial charge >= 0.3 is 0 Å². The number of hydrogen-bond acceptors (Lipinski definition) is 5. The van der Waals surface area contributed by atoms with Crippen LogP contribution in [0.1, 0.15) is 34.6 Å². The Morgan fingerprint density at radius 2 is 1.79 bits per heavy atom. The van der Waals surface area contributed by atoms with E-state index in [9.17, 15) is 22.0 Å². The molecule has 0 aliphatic rings. The van der Waals surface area contributed by atoms with Gasteiger partial charge in [0.05, 0.1) is 10.1 Å². The first kappa shape index (κ1) is 21.1. The van der Waals surface area contributed by atoms with Crippen LogP contribution >= 0.6 is 11.3 Å². The Bertz CT molecular complexity index is 1140. The number of rotatable bonds is 6. The van der Waals surface area contributed by atoms with E-state index in [0.717, 1.165) is 17.0 Å². The smallest absolute Gasteiger partial charge is 0.257 e. The van der Waals surface area contributed by atoms with Crippen LogP contribution in [0.3, 0.4) is 0 Å². The van der Waals surface area contributed by atoms with E-state index in [1.165, 1.54) is 41.7 Å². The molecule has 0 fully saturated rings. The van der Waals surface area contributed by atoms with Crippen LogP contribution in [0.15, 0.2) is 53.6 Å². The molecule has 1 amide bonds. The third-order valence-corrected chi connectivity index (χ3v) is 7.29. The maximum atomic E-state index is 13.3. The van der Waals surface area contributed by atoms with Gasteiger partial charge in [-0.1, -0.05) is 6.07 Å². The van der Waals surface area contributed by atoms with Crippen LogP contribution in [0, 0.1) is 11.6 Å². The summed E-state index contributed by atoms with van der Waals surface area (Å²) in [6, 6.07) is 9.38. The summed E-state index contributed by atoms with van der Waals surface area (Å²) in [4.78, 5) is 17.4. The van der Waals surface area contributed by atoms with Gasteiger partial charge in [-0.25, -0.2) is 22.2 Å². The third-order valence-electron chi connectivity index (χ3n) is 4.20. The number of anilines is 1. The monoisotopic (exact) mass is 436 g/mol. The number of aromatic nitrogens is 1. The van der Waals surface area contributed by atoms with E-state index in [-0.39, 0.29) is 4.90 Å². The number of amides is 1. The second-order valence-electron chi connectivity index (χ2n) is 6.63. The maximum Gasteiger partial charge on any atom is 0.257 e. The molecule has 1 N–H and O–H groups in total. The van der Waals surface area contributed by atoms with Gasteiger partial charge in [-0.15, -0.1) is 11.3 Å². The lowest BCUT2D eigenvalue weighted by atomic mass is 10.1. The van der Waals surface area contributed by atoms with Crippen LogP contribution in [0.2, 0.25) is 0 Å². The molecule has 5 nitrogen and oxygen atoms in total. The minimum atomic E-state index is -3.40. The number of hydrogen-bond donors (Lipinski definition) is 1. The summed E-state index contributed by atoms with van der Waals surface area (Å²) in [7, 11) is -3.40. The first-order valence-corrected chi connectivity index (χ1v) is 11.1. The maximum absolute atomic E-state index is 13.3. The van der Waals surface area contributed by atoms with Crippen LogP contribution < -0.4 is 5.32 Å². The van der Waals surface area contributed by atoms with Crippen LogP contribution in [0.5, 0.6) is 0 Å². The number of carbonyl (C=O) groups is 1. The van der Waals surface area contributed by atoms with Crippen molar-refractivity contribution in [1.82, 2.24) is 4.98 Å². The molecule has 0 unspecified atom stereocenters. The summed E-state index contributed by atoms with van der Waals surface area (Å²) in [5, 5.41) is 2.45. The van der Waals surface area contributed by atoms with E-state index in [4.69, 9.17) is 0 Å². The van der Waals surface area contributed by atoms with E-state index in [2.05, 4.69) is 10.3 Å². The zero-order valence-corrected chi connectivity index (χ0v) is 17.3. The number of halogens is 2. The molecule has 3 rings (SSSR count). The normalized spacial score (nSPS) is 11.6. The zero-order chi connectivity index (χ0) is 21.2. The Morgan fingerprint density at radius 3 is 2.41 bits per heavy atom. The highest BCUT2D eigenvalue weighted by atomic mass is 32.2. The summed E-state index contributed by atoms with van der Waals surface area (Å²) in [5.74, 6) is -2.24. The number of carbonyl (C=O) groups excluding carboxylic acids is 1. The second kappa shape index (κ2) is 8.38. The first-order valence-electron chi connectivity index (χ1n) is 8.71. The number of nitrogens with zero attached hydrogens (tertiary/aromatic N) is 1. The van der Waals surface area contributed by atoms with E-state index in [1.807, 2.05) is 0 Å². The van der Waals surface area contributed by atoms with Gasteiger partial charge in [0, 0.05) is 23.1 Å². The molecule has 9 heteroatoms. The molecule has 29 heavy (non-hydrogen) atoms. The number of thiazole rings is 1. The summed E-state index contributed by atoms with van der Waals surface area (Å²) in [6.07, 6.45) is 1.91. The van der Waals surface area contributed by atoms with Crippen molar-refractivity contribution >= 4 is 32.2 Å². The molecule has 1 aromatic heterocycles. The van der Waals surface area contributed by atoms with Crippen LogP contribution in [-0.4, -0.2) is 24.6 Å². The SMILES string of the molecule is CC(C)S(=O)(=O)c1ccc(C(=O)Nc2ncc(Cc3ccc(F)c(F)c3)s2)cc1. The largest absolute Gasteiger partial charge is 0.298 e. The molecule has 3 aromatic rings. The molecule has 0 spiro atoms. The molecule has 2 aromatic carbocycles.